The average molecular weight is 398 g/mol. The summed E-state index contributed by atoms with van der Waals surface area (Å²) in [5.41, 5.74) is 2.12. The highest BCUT2D eigenvalue weighted by molar-refractivity contribution is 7.20. The molecule has 1 aliphatic rings. The zero-order valence-electron chi connectivity index (χ0n) is 15.4. The summed E-state index contributed by atoms with van der Waals surface area (Å²) < 4.78 is 12.0. The maximum Gasteiger partial charge on any atom is 0.507 e. The minimum Gasteiger partial charge on any atom is -0.450 e. The molecule has 146 valence electrons. The first-order chi connectivity index (χ1) is 13.7. The number of rotatable bonds is 6. The molecule has 1 N–H and O–H groups in total. The van der Waals surface area contributed by atoms with E-state index in [1.165, 1.54) is 16.9 Å². The lowest BCUT2D eigenvalue weighted by Gasteiger charge is -2.34. The first kappa shape index (κ1) is 18.7. The van der Waals surface area contributed by atoms with E-state index in [-0.39, 0.29) is 6.23 Å². The standard InChI is InChI=1S/C21H22N2O4S/c24-21(25)27-19-7-3-4-13-23(19)14-12-15-8-10-16(11-9-15)26-20-22-17-5-1-2-6-18(17)28-20/h1-2,5-6,8-11,19H,3-4,7,12-14H2,(H,24,25). The van der Waals surface area contributed by atoms with Gasteiger partial charge in [0.15, 0.2) is 6.23 Å². The molecule has 1 atom stereocenters. The van der Waals surface area contributed by atoms with Crippen molar-refractivity contribution in [3.8, 4) is 10.9 Å². The van der Waals surface area contributed by atoms with E-state index in [1.807, 2.05) is 48.5 Å². The van der Waals surface area contributed by atoms with Crippen molar-refractivity contribution in [1.82, 2.24) is 9.88 Å². The molecule has 4 rings (SSSR count). The van der Waals surface area contributed by atoms with Crippen molar-refractivity contribution in [2.75, 3.05) is 13.1 Å². The van der Waals surface area contributed by atoms with Gasteiger partial charge in [-0.25, -0.2) is 9.78 Å². The fourth-order valence-corrected chi connectivity index (χ4v) is 4.29. The smallest absolute Gasteiger partial charge is 0.450 e. The van der Waals surface area contributed by atoms with Gasteiger partial charge in [0, 0.05) is 13.1 Å². The molecule has 1 aromatic heterocycles. The van der Waals surface area contributed by atoms with Gasteiger partial charge in [0.25, 0.3) is 5.19 Å². The highest BCUT2D eigenvalue weighted by Crippen LogP contribution is 2.31. The van der Waals surface area contributed by atoms with Gasteiger partial charge in [-0.2, -0.15) is 0 Å². The number of para-hydroxylation sites is 1. The van der Waals surface area contributed by atoms with Crippen LogP contribution < -0.4 is 4.74 Å². The number of hydrogen-bond donors (Lipinski definition) is 1. The molecule has 2 aromatic carbocycles. The Morgan fingerprint density at radius 2 is 2.00 bits per heavy atom. The minimum atomic E-state index is -1.20. The summed E-state index contributed by atoms with van der Waals surface area (Å²) in [4.78, 5) is 17.5. The molecule has 3 aromatic rings. The Morgan fingerprint density at radius 1 is 1.18 bits per heavy atom. The zero-order valence-corrected chi connectivity index (χ0v) is 16.2. The van der Waals surface area contributed by atoms with E-state index in [0.717, 1.165) is 54.7 Å². The Kier molecular flexibility index (Phi) is 5.73. The van der Waals surface area contributed by atoms with E-state index in [2.05, 4.69) is 9.88 Å². The summed E-state index contributed by atoms with van der Waals surface area (Å²) in [6.45, 7) is 1.65. The van der Waals surface area contributed by atoms with Crippen LogP contribution in [0.4, 0.5) is 4.79 Å². The molecule has 0 spiro atoms. The molecule has 28 heavy (non-hydrogen) atoms. The maximum atomic E-state index is 10.9. The van der Waals surface area contributed by atoms with E-state index >= 15 is 0 Å². The quantitative estimate of drug-likeness (QED) is 0.580. The third-order valence-electron chi connectivity index (χ3n) is 4.88. The number of likely N-dealkylation sites (tertiary alicyclic amines) is 1. The molecule has 1 aliphatic heterocycles. The van der Waals surface area contributed by atoms with Crippen LogP contribution in [0.1, 0.15) is 24.8 Å². The van der Waals surface area contributed by atoms with Gasteiger partial charge in [0.05, 0.1) is 10.2 Å². The van der Waals surface area contributed by atoms with Crippen molar-refractivity contribution in [1.29, 1.82) is 0 Å². The maximum absolute atomic E-state index is 10.9. The molecular weight excluding hydrogens is 376 g/mol. The molecule has 1 unspecified atom stereocenters. The topological polar surface area (TPSA) is 71.9 Å². The van der Waals surface area contributed by atoms with Gasteiger partial charge in [-0.15, -0.1) is 0 Å². The number of hydrogen-bond acceptors (Lipinski definition) is 6. The lowest BCUT2D eigenvalue weighted by Crippen LogP contribution is -2.43. The Balaban J connectivity index is 1.34. The summed E-state index contributed by atoms with van der Waals surface area (Å²) in [7, 11) is 0. The van der Waals surface area contributed by atoms with Crippen LogP contribution in [0.25, 0.3) is 10.2 Å². The second-order valence-electron chi connectivity index (χ2n) is 6.81. The van der Waals surface area contributed by atoms with Crippen LogP contribution in [0.2, 0.25) is 0 Å². The van der Waals surface area contributed by atoms with Crippen LogP contribution in [-0.2, 0) is 11.2 Å². The van der Waals surface area contributed by atoms with Gasteiger partial charge < -0.3 is 14.6 Å². The van der Waals surface area contributed by atoms with E-state index in [0.29, 0.717) is 5.19 Å². The second kappa shape index (κ2) is 8.58. The number of fused-ring (bicyclic) bond motifs is 1. The lowest BCUT2D eigenvalue weighted by molar-refractivity contribution is -0.0543. The fourth-order valence-electron chi connectivity index (χ4n) is 3.46. The third-order valence-corrected chi connectivity index (χ3v) is 5.80. The predicted molar refractivity (Wildman–Crippen MR) is 108 cm³/mol. The highest BCUT2D eigenvalue weighted by atomic mass is 32.1. The molecule has 0 saturated carbocycles. The largest absolute Gasteiger partial charge is 0.507 e. The first-order valence-corrected chi connectivity index (χ1v) is 10.2. The molecule has 0 radical (unpaired) electrons. The molecule has 1 fully saturated rings. The van der Waals surface area contributed by atoms with Crippen LogP contribution in [0.15, 0.2) is 48.5 Å². The van der Waals surface area contributed by atoms with E-state index in [9.17, 15) is 4.79 Å². The highest BCUT2D eigenvalue weighted by Gasteiger charge is 2.25. The number of ether oxygens (including phenoxy) is 2. The van der Waals surface area contributed by atoms with Gasteiger partial charge in [0.2, 0.25) is 0 Å². The number of nitrogens with zero attached hydrogens (tertiary/aromatic N) is 2. The van der Waals surface area contributed by atoms with Crippen LogP contribution in [0, 0.1) is 0 Å². The fraction of sp³-hybridized carbons (Fsp3) is 0.333. The van der Waals surface area contributed by atoms with Crippen LogP contribution in [-0.4, -0.2) is 40.5 Å². The Hall–Kier alpha value is -2.64. The predicted octanol–water partition coefficient (Wildman–Crippen LogP) is 5.14. The summed E-state index contributed by atoms with van der Waals surface area (Å²) >= 11 is 1.53. The van der Waals surface area contributed by atoms with Gasteiger partial charge >= 0.3 is 6.16 Å². The molecule has 2 heterocycles. The van der Waals surface area contributed by atoms with Gasteiger partial charge in [-0.05, 0) is 55.5 Å². The molecule has 0 bridgehead atoms. The summed E-state index contributed by atoms with van der Waals surface area (Å²) in [5.74, 6) is 0.757. The average Bonchev–Trinajstić information content (AvgIpc) is 3.10. The van der Waals surface area contributed by atoms with Crippen LogP contribution in [0.5, 0.6) is 10.9 Å². The molecule has 1 saturated heterocycles. The van der Waals surface area contributed by atoms with Crippen molar-refractivity contribution in [2.24, 2.45) is 0 Å². The van der Waals surface area contributed by atoms with Crippen LogP contribution in [0.3, 0.4) is 0 Å². The molecule has 6 nitrogen and oxygen atoms in total. The minimum absolute atomic E-state index is 0.326. The van der Waals surface area contributed by atoms with E-state index < -0.39 is 6.16 Å². The summed E-state index contributed by atoms with van der Waals surface area (Å²) in [5, 5.41) is 9.53. The summed E-state index contributed by atoms with van der Waals surface area (Å²) in [6.07, 6.45) is 2.16. The number of carboxylic acid groups (broad SMARTS) is 1. The third kappa shape index (κ3) is 4.61. The van der Waals surface area contributed by atoms with Crippen molar-refractivity contribution in [3.63, 3.8) is 0 Å². The molecular formula is C21H22N2O4S. The number of aromatic nitrogens is 1. The Bertz CT molecular complexity index is 908. The zero-order chi connectivity index (χ0) is 19.3. The van der Waals surface area contributed by atoms with Gasteiger partial charge in [-0.1, -0.05) is 35.6 Å². The Labute approximate surface area is 167 Å². The number of piperidine rings is 1. The molecule has 7 heteroatoms. The van der Waals surface area contributed by atoms with Gasteiger partial charge in [-0.3, -0.25) is 4.90 Å². The monoisotopic (exact) mass is 398 g/mol. The van der Waals surface area contributed by atoms with Crippen molar-refractivity contribution < 1.29 is 19.4 Å². The lowest BCUT2D eigenvalue weighted by atomic mass is 10.1. The SMILES string of the molecule is O=C(O)OC1CCCCN1CCc1ccc(Oc2nc3ccccc3s2)cc1. The van der Waals surface area contributed by atoms with E-state index in [4.69, 9.17) is 14.6 Å². The van der Waals surface area contributed by atoms with Crippen LogP contribution >= 0.6 is 11.3 Å². The van der Waals surface area contributed by atoms with Crippen molar-refractivity contribution in [2.45, 2.75) is 31.9 Å². The Morgan fingerprint density at radius 3 is 2.79 bits per heavy atom. The van der Waals surface area contributed by atoms with Crippen molar-refractivity contribution in [3.05, 3.63) is 54.1 Å². The van der Waals surface area contributed by atoms with Crippen molar-refractivity contribution >= 4 is 27.7 Å². The number of carbonyl (C=O) groups is 1. The number of thiazole rings is 1. The second-order valence-corrected chi connectivity index (χ2v) is 7.81. The molecule has 0 aliphatic carbocycles. The van der Waals surface area contributed by atoms with Gasteiger partial charge in [0.1, 0.15) is 5.75 Å². The normalized spacial score (nSPS) is 17.5. The summed E-state index contributed by atoms with van der Waals surface area (Å²) in [6, 6.07) is 15.9. The first-order valence-electron chi connectivity index (χ1n) is 9.43. The number of benzene rings is 2. The molecule has 0 amide bonds. The van der Waals surface area contributed by atoms with E-state index in [1.54, 1.807) is 0 Å².